The average molecular weight is 325 g/mol. The van der Waals surface area contributed by atoms with E-state index in [2.05, 4.69) is 15.9 Å². The number of hydrogen-bond acceptors (Lipinski definition) is 2. The van der Waals surface area contributed by atoms with Gasteiger partial charge in [0.05, 0.1) is 0 Å². The lowest BCUT2D eigenvalue weighted by Gasteiger charge is -2.24. The third kappa shape index (κ3) is 2.97. The first-order chi connectivity index (χ1) is 9.02. The Balaban J connectivity index is 2.17. The molecule has 4 nitrogen and oxygen atoms in total. The van der Waals surface area contributed by atoms with Crippen LogP contribution in [-0.4, -0.2) is 29.3 Å². The zero-order chi connectivity index (χ0) is 14.0. The van der Waals surface area contributed by atoms with Gasteiger partial charge in [0, 0.05) is 23.4 Å². The van der Waals surface area contributed by atoms with Gasteiger partial charge in [0.15, 0.2) is 0 Å². The van der Waals surface area contributed by atoms with E-state index >= 15 is 0 Å². The normalized spacial score (nSPS) is 20.6. The van der Waals surface area contributed by atoms with Gasteiger partial charge in [0.2, 0.25) is 11.8 Å². The van der Waals surface area contributed by atoms with E-state index < -0.39 is 11.9 Å². The second-order valence-corrected chi connectivity index (χ2v) is 5.74. The van der Waals surface area contributed by atoms with E-state index in [0.717, 1.165) is 10.0 Å². The highest BCUT2D eigenvalue weighted by molar-refractivity contribution is 9.10. The van der Waals surface area contributed by atoms with Crippen molar-refractivity contribution in [1.82, 2.24) is 4.90 Å². The third-order valence-electron chi connectivity index (χ3n) is 3.57. The Bertz CT molecular complexity index is 504. The Morgan fingerprint density at radius 3 is 2.89 bits per heavy atom. The van der Waals surface area contributed by atoms with Gasteiger partial charge in [0.25, 0.3) is 0 Å². The monoisotopic (exact) mass is 324 g/mol. The van der Waals surface area contributed by atoms with Gasteiger partial charge in [-0.25, -0.2) is 0 Å². The number of hydrogen-bond donors (Lipinski definition) is 1. The van der Waals surface area contributed by atoms with Crippen molar-refractivity contribution >= 4 is 27.7 Å². The Morgan fingerprint density at radius 2 is 2.32 bits per heavy atom. The molecule has 1 aromatic rings. The average Bonchev–Trinajstić information content (AvgIpc) is 2.72. The van der Waals surface area contributed by atoms with E-state index in [-0.39, 0.29) is 11.8 Å². The van der Waals surface area contributed by atoms with E-state index in [1.54, 1.807) is 4.90 Å². The van der Waals surface area contributed by atoms with Crippen LogP contribution < -0.4 is 5.73 Å². The Hall–Kier alpha value is -1.36. The summed E-state index contributed by atoms with van der Waals surface area (Å²) in [6.07, 6.45) is 1.01. The van der Waals surface area contributed by atoms with Crippen LogP contribution in [0.25, 0.3) is 0 Å². The number of rotatable bonds is 4. The summed E-state index contributed by atoms with van der Waals surface area (Å²) < 4.78 is 0.998. The van der Waals surface area contributed by atoms with Crippen molar-refractivity contribution in [3.63, 3.8) is 0 Å². The number of nitrogens with zero attached hydrogens (tertiary/aromatic N) is 1. The molecule has 1 aromatic carbocycles. The molecule has 0 radical (unpaired) electrons. The van der Waals surface area contributed by atoms with Crippen LogP contribution in [-0.2, 0) is 9.59 Å². The Labute approximate surface area is 121 Å². The predicted octanol–water partition coefficient (Wildman–Crippen LogP) is 2.03. The molecular weight excluding hydrogens is 308 g/mol. The van der Waals surface area contributed by atoms with E-state index in [4.69, 9.17) is 5.73 Å². The van der Waals surface area contributed by atoms with Gasteiger partial charge < -0.3 is 10.6 Å². The number of nitrogens with two attached hydrogens (primary N) is 1. The van der Waals surface area contributed by atoms with Crippen LogP contribution in [0.15, 0.2) is 28.7 Å². The summed E-state index contributed by atoms with van der Waals surface area (Å²) in [5.74, 6) is -0.278. The van der Waals surface area contributed by atoms with Crippen molar-refractivity contribution in [2.24, 2.45) is 5.73 Å². The predicted molar refractivity (Wildman–Crippen MR) is 76.5 cm³/mol. The fourth-order valence-electron chi connectivity index (χ4n) is 2.59. The SMILES string of the molecule is CC[C@H](C(N)=O)N1CC(c2cccc(Br)c2)CC1=O. The summed E-state index contributed by atoms with van der Waals surface area (Å²) in [5, 5.41) is 0. The highest BCUT2D eigenvalue weighted by Gasteiger charge is 2.36. The Kier molecular flexibility index (Phi) is 4.24. The minimum atomic E-state index is -0.482. The summed E-state index contributed by atoms with van der Waals surface area (Å²) >= 11 is 3.43. The topological polar surface area (TPSA) is 63.4 Å². The highest BCUT2D eigenvalue weighted by Crippen LogP contribution is 2.31. The molecule has 2 atom stereocenters. The molecule has 19 heavy (non-hydrogen) atoms. The molecule has 102 valence electrons. The number of benzene rings is 1. The van der Waals surface area contributed by atoms with E-state index in [1.807, 2.05) is 31.2 Å². The molecule has 0 saturated carbocycles. The van der Waals surface area contributed by atoms with Crippen LogP contribution in [0.1, 0.15) is 31.2 Å². The molecule has 2 rings (SSSR count). The quantitative estimate of drug-likeness (QED) is 0.921. The van der Waals surface area contributed by atoms with E-state index in [1.165, 1.54) is 0 Å². The number of primary amides is 1. The lowest BCUT2D eigenvalue weighted by atomic mass is 9.98. The molecular formula is C14H17BrN2O2. The molecule has 0 bridgehead atoms. The maximum Gasteiger partial charge on any atom is 0.240 e. The molecule has 1 heterocycles. The van der Waals surface area contributed by atoms with Crippen LogP contribution in [0.3, 0.4) is 0 Å². The number of halogens is 1. The summed E-state index contributed by atoms with van der Waals surface area (Å²) in [6.45, 7) is 2.44. The van der Waals surface area contributed by atoms with Crippen molar-refractivity contribution in [2.75, 3.05) is 6.54 Å². The van der Waals surface area contributed by atoms with Crippen molar-refractivity contribution in [1.29, 1.82) is 0 Å². The zero-order valence-corrected chi connectivity index (χ0v) is 12.4. The van der Waals surface area contributed by atoms with Gasteiger partial charge in [-0.15, -0.1) is 0 Å². The molecule has 0 spiro atoms. The molecule has 2 N–H and O–H groups in total. The molecule has 5 heteroatoms. The van der Waals surface area contributed by atoms with E-state index in [0.29, 0.717) is 19.4 Å². The van der Waals surface area contributed by atoms with Crippen molar-refractivity contribution in [2.45, 2.75) is 31.7 Å². The van der Waals surface area contributed by atoms with Crippen LogP contribution >= 0.6 is 15.9 Å². The van der Waals surface area contributed by atoms with Crippen LogP contribution in [0.5, 0.6) is 0 Å². The zero-order valence-electron chi connectivity index (χ0n) is 10.8. The lowest BCUT2D eigenvalue weighted by molar-refractivity contribution is -0.136. The van der Waals surface area contributed by atoms with Crippen molar-refractivity contribution < 1.29 is 9.59 Å². The van der Waals surface area contributed by atoms with Gasteiger partial charge in [-0.3, -0.25) is 9.59 Å². The first-order valence-corrected chi connectivity index (χ1v) is 7.16. The van der Waals surface area contributed by atoms with Crippen molar-refractivity contribution in [3.8, 4) is 0 Å². The molecule has 1 saturated heterocycles. The Morgan fingerprint density at radius 1 is 1.58 bits per heavy atom. The first-order valence-electron chi connectivity index (χ1n) is 6.37. The van der Waals surface area contributed by atoms with E-state index in [9.17, 15) is 9.59 Å². The molecule has 2 amide bonds. The van der Waals surface area contributed by atoms with Gasteiger partial charge in [-0.2, -0.15) is 0 Å². The lowest BCUT2D eigenvalue weighted by Crippen LogP contribution is -2.45. The molecule has 0 aliphatic carbocycles. The number of likely N-dealkylation sites (tertiary alicyclic amines) is 1. The van der Waals surface area contributed by atoms with Gasteiger partial charge in [0.1, 0.15) is 6.04 Å². The molecule has 1 fully saturated rings. The molecule has 0 aromatic heterocycles. The van der Waals surface area contributed by atoms with Gasteiger partial charge >= 0.3 is 0 Å². The van der Waals surface area contributed by atoms with Gasteiger partial charge in [-0.1, -0.05) is 35.0 Å². The number of carbonyl (C=O) groups is 2. The second kappa shape index (κ2) is 5.74. The first kappa shape index (κ1) is 14.1. The minimum absolute atomic E-state index is 0.00984. The third-order valence-corrected chi connectivity index (χ3v) is 4.06. The maximum absolute atomic E-state index is 12.1. The minimum Gasteiger partial charge on any atom is -0.368 e. The van der Waals surface area contributed by atoms with Crippen molar-refractivity contribution in [3.05, 3.63) is 34.3 Å². The van der Waals surface area contributed by atoms with Crippen LogP contribution in [0, 0.1) is 0 Å². The fraction of sp³-hybridized carbons (Fsp3) is 0.429. The maximum atomic E-state index is 12.1. The second-order valence-electron chi connectivity index (χ2n) is 4.83. The highest BCUT2D eigenvalue weighted by atomic mass is 79.9. The smallest absolute Gasteiger partial charge is 0.240 e. The molecule has 1 aliphatic heterocycles. The summed E-state index contributed by atoms with van der Waals surface area (Å²) in [4.78, 5) is 25.1. The molecule has 1 unspecified atom stereocenters. The molecule has 1 aliphatic rings. The fourth-order valence-corrected chi connectivity index (χ4v) is 3.01. The standard InChI is InChI=1S/C14H17BrN2O2/c1-2-12(14(16)19)17-8-10(7-13(17)18)9-4-3-5-11(15)6-9/h3-6,10,12H,2,7-8H2,1H3,(H2,16,19)/t10?,12-/m1/s1. The van der Waals surface area contributed by atoms with Gasteiger partial charge in [-0.05, 0) is 24.1 Å². The summed E-state index contributed by atoms with van der Waals surface area (Å²) in [7, 11) is 0. The van der Waals surface area contributed by atoms with Crippen LogP contribution in [0.4, 0.5) is 0 Å². The number of amides is 2. The largest absolute Gasteiger partial charge is 0.368 e. The summed E-state index contributed by atoms with van der Waals surface area (Å²) in [6, 6.07) is 7.46. The summed E-state index contributed by atoms with van der Waals surface area (Å²) in [5.41, 5.74) is 6.47. The number of carbonyl (C=O) groups excluding carboxylic acids is 2. The van der Waals surface area contributed by atoms with Crippen LogP contribution in [0.2, 0.25) is 0 Å².